The van der Waals surface area contributed by atoms with Gasteiger partial charge in [-0.1, -0.05) is 13.8 Å². The van der Waals surface area contributed by atoms with Crippen molar-refractivity contribution >= 4 is 0 Å². The molecule has 0 saturated heterocycles. The van der Waals surface area contributed by atoms with E-state index in [0.29, 0.717) is 0 Å². The standard InChI is InChI=1S/C12H23N3/c1-10(2)11(9-13-3)5-6-12-7-8-14-15(12)4/h7-8,10-11,13H,5-6,9H2,1-4H3. The molecule has 0 aliphatic rings. The monoisotopic (exact) mass is 209 g/mol. The van der Waals surface area contributed by atoms with Crippen LogP contribution in [0, 0.1) is 11.8 Å². The highest BCUT2D eigenvalue weighted by atomic mass is 15.2. The first-order chi connectivity index (χ1) is 7.15. The lowest BCUT2D eigenvalue weighted by Crippen LogP contribution is -2.24. The second-order valence-electron chi connectivity index (χ2n) is 4.55. The van der Waals surface area contributed by atoms with Gasteiger partial charge >= 0.3 is 0 Å². The molecule has 0 spiro atoms. The van der Waals surface area contributed by atoms with E-state index in [0.717, 1.165) is 24.8 Å². The number of aryl methyl sites for hydroxylation is 2. The smallest absolute Gasteiger partial charge is 0.0492 e. The maximum Gasteiger partial charge on any atom is 0.0492 e. The minimum atomic E-state index is 0.741. The van der Waals surface area contributed by atoms with Gasteiger partial charge in [0.25, 0.3) is 0 Å². The summed E-state index contributed by atoms with van der Waals surface area (Å²) in [6.07, 6.45) is 4.23. The molecule has 0 aliphatic carbocycles. The normalized spacial score (nSPS) is 13.4. The molecule has 0 saturated carbocycles. The Hall–Kier alpha value is -0.830. The Morgan fingerprint density at radius 2 is 2.20 bits per heavy atom. The largest absolute Gasteiger partial charge is 0.319 e. The van der Waals surface area contributed by atoms with Gasteiger partial charge < -0.3 is 5.32 Å². The molecular weight excluding hydrogens is 186 g/mol. The summed E-state index contributed by atoms with van der Waals surface area (Å²) in [6.45, 7) is 5.70. The van der Waals surface area contributed by atoms with Crippen molar-refractivity contribution in [2.24, 2.45) is 18.9 Å². The number of rotatable bonds is 6. The van der Waals surface area contributed by atoms with Crippen LogP contribution in [0.15, 0.2) is 12.3 Å². The van der Waals surface area contributed by atoms with E-state index in [4.69, 9.17) is 0 Å². The third-order valence-electron chi connectivity index (χ3n) is 3.10. The van der Waals surface area contributed by atoms with E-state index in [9.17, 15) is 0 Å². The third-order valence-corrected chi connectivity index (χ3v) is 3.10. The van der Waals surface area contributed by atoms with Crippen molar-refractivity contribution in [1.82, 2.24) is 15.1 Å². The minimum absolute atomic E-state index is 0.741. The molecule has 1 N–H and O–H groups in total. The van der Waals surface area contributed by atoms with E-state index in [1.54, 1.807) is 0 Å². The summed E-state index contributed by atoms with van der Waals surface area (Å²) in [5.74, 6) is 1.50. The SMILES string of the molecule is CNCC(CCc1ccnn1C)C(C)C. The van der Waals surface area contributed by atoms with E-state index in [1.807, 2.05) is 25.0 Å². The predicted molar refractivity (Wildman–Crippen MR) is 63.8 cm³/mol. The Balaban J connectivity index is 2.43. The molecule has 1 aromatic heterocycles. The Labute approximate surface area is 92.9 Å². The van der Waals surface area contributed by atoms with Gasteiger partial charge in [-0.05, 0) is 44.3 Å². The van der Waals surface area contributed by atoms with E-state index in [-0.39, 0.29) is 0 Å². The summed E-state index contributed by atoms with van der Waals surface area (Å²) in [5.41, 5.74) is 1.33. The highest BCUT2D eigenvalue weighted by molar-refractivity contribution is 5.00. The van der Waals surface area contributed by atoms with E-state index in [1.165, 1.54) is 12.1 Å². The first kappa shape index (κ1) is 12.2. The first-order valence-electron chi connectivity index (χ1n) is 5.76. The average Bonchev–Trinajstić information content (AvgIpc) is 2.58. The minimum Gasteiger partial charge on any atom is -0.319 e. The van der Waals surface area contributed by atoms with Crippen LogP contribution in [0.3, 0.4) is 0 Å². The lowest BCUT2D eigenvalue weighted by atomic mass is 9.90. The van der Waals surface area contributed by atoms with Crippen molar-refractivity contribution in [3.63, 3.8) is 0 Å². The van der Waals surface area contributed by atoms with Crippen molar-refractivity contribution in [2.45, 2.75) is 26.7 Å². The van der Waals surface area contributed by atoms with E-state index < -0.39 is 0 Å². The van der Waals surface area contributed by atoms with Crippen LogP contribution in [0.5, 0.6) is 0 Å². The third kappa shape index (κ3) is 3.67. The number of nitrogens with one attached hydrogen (secondary N) is 1. The van der Waals surface area contributed by atoms with Crippen LogP contribution in [0.4, 0.5) is 0 Å². The van der Waals surface area contributed by atoms with Crippen LogP contribution in [-0.4, -0.2) is 23.4 Å². The molecule has 1 rings (SSSR count). The van der Waals surface area contributed by atoms with Gasteiger partial charge in [-0.15, -0.1) is 0 Å². The second kappa shape index (κ2) is 5.91. The molecule has 1 aromatic rings. The Kier molecular flexibility index (Phi) is 4.82. The molecule has 0 aliphatic heterocycles. The fourth-order valence-electron chi connectivity index (χ4n) is 1.91. The molecule has 1 unspecified atom stereocenters. The highest BCUT2D eigenvalue weighted by Gasteiger charge is 2.13. The molecule has 86 valence electrons. The van der Waals surface area contributed by atoms with Crippen LogP contribution in [0.25, 0.3) is 0 Å². The zero-order valence-corrected chi connectivity index (χ0v) is 10.3. The van der Waals surface area contributed by atoms with E-state index >= 15 is 0 Å². The van der Waals surface area contributed by atoms with Crippen molar-refractivity contribution < 1.29 is 0 Å². The fraction of sp³-hybridized carbons (Fsp3) is 0.750. The van der Waals surface area contributed by atoms with Gasteiger partial charge in [0, 0.05) is 18.9 Å². The summed E-state index contributed by atoms with van der Waals surface area (Å²) in [7, 11) is 4.04. The quantitative estimate of drug-likeness (QED) is 0.775. The Morgan fingerprint density at radius 3 is 2.67 bits per heavy atom. The number of hydrogen-bond acceptors (Lipinski definition) is 2. The number of aromatic nitrogens is 2. The Morgan fingerprint density at radius 1 is 1.47 bits per heavy atom. The fourth-order valence-corrected chi connectivity index (χ4v) is 1.91. The van der Waals surface area contributed by atoms with Crippen molar-refractivity contribution in [3.8, 4) is 0 Å². The van der Waals surface area contributed by atoms with Crippen LogP contribution < -0.4 is 5.32 Å². The van der Waals surface area contributed by atoms with Crippen LogP contribution >= 0.6 is 0 Å². The van der Waals surface area contributed by atoms with E-state index in [2.05, 4.69) is 30.3 Å². The van der Waals surface area contributed by atoms with Crippen LogP contribution in [0.1, 0.15) is 26.0 Å². The molecule has 0 aromatic carbocycles. The molecule has 0 amide bonds. The molecule has 3 nitrogen and oxygen atoms in total. The lowest BCUT2D eigenvalue weighted by Gasteiger charge is -2.20. The van der Waals surface area contributed by atoms with Gasteiger partial charge in [0.15, 0.2) is 0 Å². The van der Waals surface area contributed by atoms with Crippen LogP contribution in [-0.2, 0) is 13.5 Å². The maximum atomic E-state index is 4.19. The highest BCUT2D eigenvalue weighted by Crippen LogP contribution is 2.17. The van der Waals surface area contributed by atoms with Gasteiger partial charge in [-0.3, -0.25) is 4.68 Å². The zero-order chi connectivity index (χ0) is 11.3. The van der Waals surface area contributed by atoms with Crippen molar-refractivity contribution in [3.05, 3.63) is 18.0 Å². The van der Waals surface area contributed by atoms with Gasteiger partial charge in [-0.25, -0.2) is 0 Å². The zero-order valence-electron chi connectivity index (χ0n) is 10.3. The predicted octanol–water partition coefficient (Wildman–Crippen LogP) is 1.84. The molecule has 0 bridgehead atoms. The first-order valence-corrected chi connectivity index (χ1v) is 5.76. The summed E-state index contributed by atoms with van der Waals surface area (Å²) in [5, 5.41) is 7.46. The topological polar surface area (TPSA) is 29.9 Å². The summed E-state index contributed by atoms with van der Waals surface area (Å²) in [4.78, 5) is 0. The molecule has 0 radical (unpaired) electrons. The molecule has 1 atom stereocenters. The van der Waals surface area contributed by atoms with Gasteiger partial charge in [-0.2, -0.15) is 5.10 Å². The van der Waals surface area contributed by atoms with Gasteiger partial charge in [0.1, 0.15) is 0 Å². The van der Waals surface area contributed by atoms with Crippen molar-refractivity contribution in [1.29, 1.82) is 0 Å². The number of nitrogens with zero attached hydrogens (tertiary/aromatic N) is 2. The number of hydrogen-bond donors (Lipinski definition) is 1. The van der Waals surface area contributed by atoms with Gasteiger partial charge in [0.05, 0.1) is 0 Å². The lowest BCUT2D eigenvalue weighted by molar-refractivity contribution is 0.347. The molecule has 1 heterocycles. The molecule has 0 fully saturated rings. The van der Waals surface area contributed by atoms with Gasteiger partial charge in [0.2, 0.25) is 0 Å². The second-order valence-corrected chi connectivity index (χ2v) is 4.55. The molecule has 15 heavy (non-hydrogen) atoms. The summed E-state index contributed by atoms with van der Waals surface area (Å²) in [6, 6.07) is 2.11. The maximum absolute atomic E-state index is 4.19. The Bertz CT molecular complexity index is 278. The molecular formula is C12H23N3. The summed E-state index contributed by atoms with van der Waals surface area (Å²) >= 11 is 0. The van der Waals surface area contributed by atoms with Crippen molar-refractivity contribution in [2.75, 3.05) is 13.6 Å². The summed E-state index contributed by atoms with van der Waals surface area (Å²) < 4.78 is 1.97. The molecule has 3 heteroatoms. The average molecular weight is 209 g/mol. The van der Waals surface area contributed by atoms with Crippen LogP contribution in [0.2, 0.25) is 0 Å².